The normalized spacial score (nSPS) is 18.9. The van der Waals surface area contributed by atoms with Gasteiger partial charge in [0, 0.05) is 18.8 Å². The van der Waals surface area contributed by atoms with Crippen molar-refractivity contribution in [1.29, 1.82) is 0 Å². The molecule has 2 atom stereocenters. The molecular weight excluding hydrogens is 374 g/mol. The predicted molar refractivity (Wildman–Crippen MR) is 109 cm³/mol. The van der Waals surface area contributed by atoms with Crippen LogP contribution in [0.1, 0.15) is 39.5 Å². The van der Waals surface area contributed by atoms with Crippen molar-refractivity contribution in [2.45, 2.75) is 19.0 Å². The highest BCUT2D eigenvalue weighted by Crippen LogP contribution is 2.39. The van der Waals surface area contributed by atoms with Crippen LogP contribution in [-0.2, 0) is 0 Å². The van der Waals surface area contributed by atoms with E-state index in [0.717, 1.165) is 22.6 Å². The largest absolute Gasteiger partial charge is 0.478 e. The maximum atomic E-state index is 11.2. The average molecular weight is 393 g/mol. The Morgan fingerprint density at radius 2 is 2.07 bits per heavy atom. The van der Waals surface area contributed by atoms with Crippen molar-refractivity contribution in [1.82, 2.24) is 15.2 Å². The van der Waals surface area contributed by atoms with Gasteiger partial charge in [-0.25, -0.2) is 4.79 Å². The number of pyridine rings is 1. The first-order valence-electron chi connectivity index (χ1n) is 8.84. The first kappa shape index (κ1) is 18.2. The van der Waals surface area contributed by atoms with Crippen molar-refractivity contribution >= 4 is 23.3 Å². The molecule has 0 spiro atoms. The summed E-state index contributed by atoms with van der Waals surface area (Å²) in [5, 5.41) is 13.1. The summed E-state index contributed by atoms with van der Waals surface area (Å²) in [6.07, 6.45) is 1.76. The molecular formula is C21H19N3O3S. The number of aromatic carboxylic acids is 1. The van der Waals surface area contributed by atoms with Crippen molar-refractivity contribution in [3.05, 3.63) is 77.3 Å². The van der Waals surface area contributed by atoms with Crippen molar-refractivity contribution in [2.75, 3.05) is 7.05 Å². The Balaban J connectivity index is 1.70. The number of carboxylic acid groups (broad SMARTS) is 1. The van der Waals surface area contributed by atoms with E-state index < -0.39 is 5.97 Å². The Hall–Kier alpha value is -3.19. The summed E-state index contributed by atoms with van der Waals surface area (Å²) >= 11 is 5.45. The van der Waals surface area contributed by atoms with Crippen molar-refractivity contribution in [2.24, 2.45) is 0 Å². The van der Waals surface area contributed by atoms with E-state index in [2.05, 4.69) is 10.3 Å². The van der Waals surface area contributed by atoms with Crippen molar-refractivity contribution < 1.29 is 14.3 Å². The summed E-state index contributed by atoms with van der Waals surface area (Å²) in [4.78, 5) is 17.6. The lowest BCUT2D eigenvalue weighted by Gasteiger charge is -2.21. The predicted octanol–water partition coefficient (Wildman–Crippen LogP) is 3.95. The number of likely N-dealkylation sites (N-methyl/N-ethyl adjacent to an activating group) is 1. The number of aromatic nitrogens is 1. The molecule has 0 radical (unpaired) electrons. The van der Waals surface area contributed by atoms with Crippen LogP contribution in [0.5, 0.6) is 0 Å². The molecule has 1 aliphatic heterocycles. The number of hydrogen-bond donors (Lipinski definition) is 2. The molecule has 0 amide bonds. The summed E-state index contributed by atoms with van der Waals surface area (Å²) in [7, 11) is 1.93. The van der Waals surface area contributed by atoms with Gasteiger partial charge in [0.05, 0.1) is 17.3 Å². The first-order chi connectivity index (χ1) is 13.5. The van der Waals surface area contributed by atoms with Gasteiger partial charge in [-0.2, -0.15) is 0 Å². The third-order valence-corrected chi connectivity index (χ3v) is 5.40. The number of aryl methyl sites for hydroxylation is 1. The van der Waals surface area contributed by atoms with Crippen LogP contribution < -0.4 is 5.32 Å². The van der Waals surface area contributed by atoms with Gasteiger partial charge < -0.3 is 19.7 Å². The summed E-state index contributed by atoms with van der Waals surface area (Å²) in [5.74, 6) is 0.512. The number of furan rings is 1. The van der Waals surface area contributed by atoms with Crippen molar-refractivity contribution in [3.63, 3.8) is 0 Å². The van der Waals surface area contributed by atoms with Crippen LogP contribution in [0.2, 0.25) is 0 Å². The molecule has 28 heavy (non-hydrogen) atoms. The second-order valence-corrected chi connectivity index (χ2v) is 7.16. The lowest BCUT2D eigenvalue weighted by atomic mass is 10.0. The average Bonchev–Trinajstić information content (AvgIpc) is 3.27. The number of carboxylic acids is 1. The maximum Gasteiger partial charge on any atom is 0.335 e. The van der Waals surface area contributed by atoms with Gasteiger partial charge in [0.2, 0.25) is 0 Å². The molecule has 0 saturated carbocycles. The molecule has 4 rings (SSSR count). The van der Waals surface area contributed by atoms with E-state index in [1.807, 2.05) is 49.2 Å². The van der Waals surface area contributed by atoms with Crippen LogP contribution in [-0.4, -0.2) is 33.1 Å². The number of rotatable bonds is 4. The molecule has 1 aliphatic rings. The molecule has 1 fully saturated rings. The molecule has 2 N–H and O–H groups in total. The van der Waals surface area contributed by atoms with Gasteiger partial charge in [-0.3, -0.25) is 4.98 Å². The SMILES string of the molecule is Cc1cc(C(=O)O)ccc1-c1ccc(C2C(c3ccccn3)NC(=S)N2C)o1. The lowest BCUT2D eigenvalue weighted by molar-refractivity contribution is 0.0697. The third kappa shape index (κ3) is 3.14. The highest BCUT2D eigenvalue weighted by molar-refractivity contribution is 7.80. The van der Waals surface area contributed by atoms with Crippen molar-refractivity contribution in [3.8, 4) is 11.3 Å². The topological polar surface area (TPSA) is 78.6 Å². The Bertz CT molecular complexity index is 1050. The van der Waals surface area contributed by atoms with E-state index in [-0.39, 0.29) is 17.6 Å². The Labute approximate surface area is 167 Å². The number of thiocarbonyl (C=S) groups is 1. The Morgan fingerprint density at radius 1 is 1.25 bits per heavy atom. The maximum absolute atomic E-state index is 11.2. The van der Waals surface area contributed by atoms with Gasteiger partial charge in [0.1, 0.15) is 17.6 Å². The zero-order valence-electron chi connectivity index (χ0n) is 15.4. The van der Waals surface area contributed by atoms with E-state index >= 15 is 0 Å². The van der Waals surface area contributed by atoms with E-state index in [9.17, 15) is 4.79 Å². The van der Waals surface area contributed by atoms with Crippen LogP contribution >= 0.6 is 12.2 Å². The molecule has 6 nitrogen and oxygen atoms in total. The van der Waals surface area contributed by atoms with Gasteiger partial charge in [-0.15, -0.1) is 0 Å². The fourth-order valence-electron chi connectivity index (χ4n) is 3.54. The van der Waals surface area contributed by atoms with E-state index in [0.29, 0.717) is 10.9 Å². The molecule has 0 aliphatic carbocycles. The number of benzene rings is 1. The highest BCUT2D eigenvalue weighted by atomic mass is 32.1. The number of nitrogens with one attached hydrogen (secondary N) is 1. The molecule has 7 heteroatoms. The lowest BCUT2D eigenvalue weighted by Crippen LogP contribution is -2.24. The Kier molecular flexibility index (Phi) is 4.60. The van der Waals surface area contributed by atoms with E-state index in [1.54, 1.807) is 24.4 Å². The summed E-state index contributed by atoms with van der Waals surface area (Å²) in [5.41, 5.74) is 2.85. The smallest absolute Gasteiger partial charge is 0.335 e. The van der Waals surface area contributed by atoms with Gasteiger partial charge in [0.25, 0.3) is 0 Å². The molecule has 3 heterocycles. The highest BCUT2D eigenvalue weighted by Gasteiger charge is 2.39. The quantitative estimate of drug-likeness (QED) is 0.650. The van der Waals surface area contributed by atoms with Gasteiger partial charge in [-0.1, -0.05) is 12.1 Å². The third-order valence-electron chi connectivity index (χ3n) is 5.00. The number of hydrogen-bond acceptors (Lipinski definition) is 4. The van der Waals surface area contributed by atoms with E-state index in [4.69, 9.17) is 21.7 Å². The van der Waals surface area contributed by atoms with Crippen LogP contribution in [0.4, 0.5) is 0 Å². The standard InChI is InChI=1S/C21H19N3O3S/c1-12-11-13(20(25)26)6-7-14(12)16-8-9-17(27-16)19-18(23-21(28)24(19)2)15-5-3-4-10-22-15/h3-11,18-19H,1-2H3,(H,23,28)(H,25,26). The number of nitrogens with zero attached hydrogens (tertiary/aromatic N) is 2. The van der Waals surface area contributed by atoms with Crippen LogP contribution in [0.25, 0.3) is 11.3 Å². The van der Waals surface area contributed by atoms with Gasteiger partial charge in [0.15, 0.2) is 5.11 Å². The Morgan fingerprint density at radius 3 is 2.75 bits per heavy atom. The number of carbonyl (C=O) groups is 1. The minimum Gasteiger partial charge on any atom is -0.478 e. The molecule has 2 aromatic heterocycles. The summed E-state index contributed by atoms with van der Waals surface area (Å²) in [6.45, 7) is 1.87. The molecule has 142 valence electrons. The minimum atomic E-state index is -0.944. The van der Waals surface area contributed by atoms with Crippen LogP contribution in [0, 0.1) is 6.92 Å². The second-order valence-electron chi connectivity index (χ2n) is 6.77. The monoisotopic (exact) mass is 393 g/mol. The van der Waals surface area contributed by atoms with Crippen LogP contribution in [0.3, 0.4) is 0 Å². The zero-order chi connectivity index (χ0) is 19.8. The van der Waals surface area contributed by atoms with Gasteiger partial charge in [-0.05, 0) is 61.1 Å². The minimum absolute atomic E-state index is 0.117. The van der Waals surface area contributed by atoms with Gasteiger partial charge >= 0.3 is 5.97 Å². The fraction of sp³-hybridized carbons (Fsp3) is 0.190. The molecule has 1 aromatic carbocycles. The molecule has 1 saturated heterocycles. The molecule has 0 bridgehead atoms. The summed E-state index contributed by atoms with van der Waals surface area (Å²) < 4.78 is 6.19. The van der Waals surface area contributed by atoms with Crippen LogP contribution in [0.15, 0.2) is 59.1 Å². The molecule has 3 aromatic rings. The zero-order valence-corrected chi connectivity index (χ0v) is 16.2. The second kappa shape index (κ2) is 7.09. The van der Waals surface area contributed by atoms with E-state index in [1.165, 1.54) is 0 Å². The summed E-state index contributed by atoms with van der Waals surface area (Å²) in [6, 6.07) is 14.4. The first-order valence-corrected chi connectivity index (χ1v) is 9.25. The molecule has 2 unspecified atom stereocenters. The fourth-order valence-corrected chi connectivity index (χ4v) is 3.78.